The number of Topliss-reactive ketones (excluding diaryl/α,β-unsaturated/α-hetero) is 1. The number of piperidine rings is 6. The van der Waals surface area contributed by atoms with Crippen molar-refractivity contribution in [2.75, 3.05) is 94.1 Å². The topological polar surface area (TPSA) is 94.7 Å². The summed E-state index contributed by atoms with van der Waals surface area (Å²) >= 11 is 0. The summed E-state index contributed by atoms with van der Waals surface area (Å²) in [5.74, 6) is 1.39. The molecule has 6 aliphatic heterocycles. The summed E-state index contributed by atoms with van der Waals surface area (Å²) in [7, 11) is 10.1. The smallest absolute Gasteiger partial charge is 0.317 e. The van der Waals surface area contributed by atoms with E-state index in [0.717, 1.165) is 38.9 Å². The normalized spacial score (nSPS) is 28.9. The Morgan fingerprint density at radius 2 is 0.980 bits per heavy atom. The van der Waals surface area contributed by atoms with E-state index in [2.05, 4.69) is 61.2 Å². The first-order valence-electron chi connectivity index (χ1n) is 21.0. The van der Waals surface area contributed by atoms with Crippen molar-refractivity contribution in [2.45, 2.75) is 140 Å². The highest BCUT2D eigenvalue weighted by Gasteiger charge is 2.36. The van der Waals surface area contributed by atoms with Crippen LogP contribution in [0.1, 0.15) is 110 Å². The number of amides is 3. The maximum absolute atomic E-state index is 12.0. The van der Waals surface area contributed by atoms with E-state index in [4.69, 9.17) is 0 Å². The molecule has 0 aliphatic carbocycles. The molecule has 0 aromatic carbocycles. The van der Waals surface area contributed by atoms with Gasteiger partial charge in [0, 0.05) is 45.2 Å². The van der Waals surface area contributed by atoms with Gasteiger partial charge >= 0.3 is 6.03 Å². The zero-order valence-corrected chi connectivity index (χ0v) is 33.5. The number of rotatable bonds is 6. The predicted octanol–water partition coefficient (Wildman–Crippen LogP) is 4.12. The minimum absolute atomic E-state index is 0.119. The summed E-state index contributed by atoms with van der Waals surface area (Å²) in [5, 5.41) is 5.61. The molecule has 6 aliphatic rings. The molecule has 2 N–H and O–H groups in total. The third-order valence-corrected chi connectivity index (χ3v) is 13.0. The van der Waals surface area contributed by atoms with Crippen molar-refractivity contribution in [1.29, 1.82) is 0 Å². The van der Waals surface area contributed by atoms with Gasteiger partial charge in [-0.2, -0.15) is 0 Å². The zero-order chi connectivity index (χ0) is 36.8. The van der Waals surface area contributed by atoms with Gasteiger partial charge in [0.2, 0.25) is 5.91 Å². The van der Waals surface area contributed by atoms with Crippen LogP contribution in [0, 0.1) is 5.92 Å². The van der Waals surface area contributed by atoms with Crippen LogP contribution in [-0.2, 0) is 9.59 Å². The van der Waals surface area contributed by atoms with E-state index < -0.39 is 0 Å². The van der Waals surface area contributed by atoms with Crippen LogP contribution in [0.4, 0.5) is 4.79 Å². The quantitative estimate of drug-likeness (QED) is 0.425. The molecular formula is C40H76N8O3. The highest BCUT2D eigenvalue weighted by atomic mass is 16.2. The number of likely N-dealkylation sites (tertiary alicyclic amines) is 6. The van der Waals surface area contributed by atoms with Crippen molar-refractivity contribution in [3.05, 3.63) is 0 Å². The minimum atomic E-state index is 0.119. The van der Waals surface area contributed by atoms with E-state index >= 15 is 0 Å². The minimum Gasteiger partial charge on any atom is -0.358 e. The Morgan fingerprint density at radius 3 is 1.47 bits per heavy atom. The highest BCUT2D eigenvalue weighted by molar-refractivity contribution is 5.83. The number of nitrogens with zero attached hydrogens (tertiary/aromatic N) is 6. The van der Waals surface area contributed by atoms with E-state index in [9.17, 15) is 14.4 Å². The Kier molecular flexibility index (Phi) is 17.9. The molecule has 0 radical (unpaired) electrons. The number of carbonyl (C=O) groups is 3. The molecule has 6 fully saturated rings. The Labute approximate surface area is 311 Å². The summed E-state index contributed by atoms with van der Waals surface area (Å²) in [4.78, 5) is 50.1. The Morgan fingerprint density at radius 1 is 0.529 bits per heavy atom. The summed E-state index contributed by atoms with van der Waals surface area (Å²) in [6.07, 6.45) is 18.8. The molecule has 6 saturated heterocycles. The van der Waals surface area contributed by atoms with Crippen LogP contribution < -0.4 is 10.6 Å². The number of ketones is 1. The maximum atomic E-state index is 12.0. The van der Waals surface area contributed by atoms with Crippen LogP contribution in [0.5, 0.6) is 0 Å². The highest BCUT2D eigenvalue weighted by Crippen LogP contribution is 2.30. The Hall–Kier alpha value is -1.79. The van der Waals surface area contributed by atoms with Crippen molar-refractivity contribution in [3.8, 4) is 0 Å². The van der Waals surface area contributed by atoms with E-state index in [1.54, 1.807) is 14.1 Å². The van der Waals surface area contributed by atoms with Crippen molar-refractivity contribution in [2.24, 2.45) is 5.92 Å². The van der Waals surface area contributed by atoms with Gasteiger partial charge in [0.05, 0.1) is 12.1 Å². The van der Waals surface area contributed by atoms with Crippen LogP contribution in [0.15, 0.2) is 0 Å². The second kappa shape index (κ2) is 21.8. The summed E-state index contributed by atoms with van der Waals surface area (Å²) in [6.45, 7) is 12.3. The maximum Gasteiger partial charge on any atom is 0.317 e. The van der Waals surface area contributed by atoms with Crippen LogP contribution in [0.2, 0.25) is 0 Å². The molecule has 294 valence electrons. The first-order valence-corrected chi connectivity index (χ1v) is 21.0. The molecular weight excluding hydrogens is 640 g/mol. The molecule has 6 heterocycles. The number of urea groups is 1. The first kappa shape index (κ1) is 42.0. The molecule has 51 heavy (non-hydrogen) atoms. The van der Waals surface area contributed by atoms with Gasteiger partial charge in [-0.15, -0.1) is 0 Å². The molecule has 3 atom stereocenters. The second-order valence-electron chi connectivity index (χ2n) is 16.5. The average Bonchev–Trinajstić information content (AvgIpc) is 3.18. The van der Waals surface area contributed by atoms with Crippen molar-refractivity contribution >= 4 is 17.7 Å². The number of hydrogen-bond acceptors (Lipinski definition) is 8. The van der Waals surface area contributed by atoms with Gasteiger partial charge in [-0.1, -0.05) is 19.8 Å². The fraction of sp³-hybridized carbons (Fsp3) is 0.925. The Bertz CT molecular complexity index is 910. The van der Waals surface area contributed by atoms with Gasteiger partial charge in [-0.25, -0.2) is 4.79 Å². The van der Waals surface area contributed by atoms with Crippen molar-refractivity contribution in [1.82, 2.24) is 40.0 Å². The van der Waals surface area contributed by atoms with Gasteiger partial charge in [0.1, 0.15) is 5.78 Å². The van der Waals surface area contributed by atoms with Gasteiger partial charge in [0.15, 0.2) is 0 Å². The second-order valence-corrected chi connectivity index (χ2v) is 16.5. The molecule has 0 aromatic rings. The lowest BCUT2D eigenvalue weighted by Crippen LogP contribution is -2.55. The predicted molar refractivity (Wildman–Crippen MR) is 208 cm³/mol. The molecule has 0 aromatic heterocycles. The van der Waals surface area contributed by atoms with Gasteiger partial charge in [-0.05, 0) is 163 Å². The molecule has 0 spiro atoms. The fourth-order valence-corrected chi connectivity index (χ4v) is 9.72. The Balaban J connectivity index is 0.000000172. The third-order valence-electron chi connectivity index (χ3n) is 13.0. The monoisotopic (exact) mass is 717 g/mol. The lowest BCUT2D eigenvalue weighted by Gasteiger charge is -2.43. The SMILES string of the molecule is CCC(=O)C1CCCCN1C1CCN(C)CC1.CNC(=O)N1CCCCC1C1CCN(C)CC1.CNC(=O)[C@@H]1CCCCN1C1CCN(C)CC1. The van der Waals surface area contributed by atoms with Crippen LogP contribution in [0.25, 0.3) is 0 Å². The molecule has 11 heteroatoms. The molecule has 0 saturated carbocycles. The number of carbonyl (C=O) groups excluding carboxylic acids is 3. The van der Waals surface area contributed by atoms with E-state index in [1.807, 2.05) is 6.92 Å². The molecule has 3 amide bonds. The number of nitrogens with one attached hydrogen (secondary N) is 2. The van der Waals surface area contributed by atoms with E-state index in [0.29, 0.717) is 36.2 Å². The summed E-state index contributed by atoms with van der Waals surface area (Å²) in [6, 6.07) is 2.25. The molecule has 6 rings (SSSR count). The van der Waals surface area contributed by atoms with E-state index in [1.165, 1.54) is 116 Å². The van der Waals surface area contributed by atoms with Gasteiger partial charge in [0.25, 0.3) is 0 Å². The fourth-order valence-electron chi connectivity index (χ4n) is 9.72. The summed E-state index contributed by atoms with van der Waals surface area (Å²) in [5.41, 5.74) is 0. The van der Waals surface area contributed by atoms with Crippen LogP contribution in [-0.4, -0.2) is 171 Å². The molecule has 0 bridgehead atoms. The molecule has 2 unspecified atom stereocenters. The number of hydrogen-bond donors (Lipinski definition) is 2. The first-order chi connectivity index (χ1) is 24.7. The van der Waals surface area contributed by atoms with Gasteiger partial charge in [-0.3, -0.25) is 19.4 Å². The average molecular weight is 717 g/mol. The largest absolute Gasteiger partial charge is 0.358 e. The molecule has 11 nitrogen and oxygen atoms in total. The lowest BCUT2D eigenvalue weighted by molar-refractivity contribution is -0.129. The number of likely N-dealkylation sites (N-methyl/N-ethyl adjacent to an activating group) is 1. The van der Waals surface area contributed by atoms with Crippen molar-refractivity contribution in [3.63, 3.8) is 0 Å². The zero-order valence-electron chi connectivity index (χ0n) is 33.5. The van der Waals surface area contributed by atoms with Crippen LogP contribution in [0.3, 0.4) is 0 Å². The standard InChI is InChI=1S/C14H26N2O.2C13H25N3O/c1-3-14(17)13-6-4-5-9-16(13)12-7-10-15(2)11-8-12;1-14-13(17)12-5-3-4-8-16(12)11-6-9-15(2)10-7-11;1-14-13(17)16-8-4-3-5-12(16)11-6-9-15(2)10-7-11/h12-13H,3-11H2,1-2H3;2*11-12H,3-10H2,1-2H3,(H,14,17)/t;12-;/m.0./s1. The third kappa shape index (κ3) is 12.4. The van der Waals surface area contributed by atoms with Gasteiger partial charge < -0.3 is 30.2 Å². The lowest BCUT2D eigenvalue weighted by atomic mass is 9.84. The summed E-state index contributed by atoms with van der Waals surface area (Å²) < 4.78 is 0. The van der Waals surface area contributed by atoms with Crippen molar-refractivity contribution < 1.29 is 14.4 Å². The van der Waals surface area contributed by atoms with E-state index in [-0.39, 0.29) is 24.0 Å². The van der Waals surface area contributed by atoms with Crippen LogP contribution >= 0.6 is 0 Å².